The second kappa shape index (κ2) is 9.27. The molecule has 2 aromatic carbocycles. The third-order valence-electron chi connectivity index (χ3n) is 3.92. The molecule has 154 valence electrons. The molecule has 1 N–H and O–H groups in total. The van der Waals surface area contributed by atoms with Crippen molar-refractivity contribution < 1.29 is 32.6 Å². The highest BCUT2D eigenvalue weighted by Crippen LogP contribution is 2.22. The lowest BCUT2D eigenvalue weighted by Crippen LogP contribution is -2.34. The number of nitrogens with one attached hydrogen (secondary N) is 1. The Bertz CT molecular complexity index is 871. The van der Waals surface area contributed by atoms with Gasteiger partial charge in [-0.2, -0.15) is 8.78 Å². The van der Waals surface area contributed by atoms with Crippen molar-refractivity contribution in [2.75, 3.05) is 6.61 Å². The first kappa shape index (κ1) is 22.0. The fourth-order valence-electron chi connectivity index (χ4n) is 2.34. The molecule has 2 rings (SSSR count). The first-order valence-electron chi connectivity index (χ1n) is 8.73. The van der Waals surface area contributed by atoms with Gasteiger partial charge in [0, 0.05) is 5.56 Å². The monoisotopic (exact) mass is 405 g/mol. The zero-order valence-corrected chi connectivity index (χ0v) is 16.2. The Hall–Kier alpha value is -3.29. The van der Waals surface area contributed by atoms with Gasteiger partial charge in [-0.25, -0.2) is 4.79 Å². The molecular formula is C21H21F2NO5. The Kier molecular flexibility index (Phi) is 7.03. The van der Waals surface area contributed by atoms with Crippen molar-refractivity contribution >= 4 is 17.8 Å². The quantitative estimate of drug-likeness (QED) is 0.741. The van der Waals surface area contributed by atoms with Crippen LogP contribution in [-0.4, -0.2) is 31.0 Å². The van der Waals surface area contributed by atoms with Gasteiger partial charge < -0.3 is 9.47 Å². The third kappa shape index (κ3) is 6.67. The number of carbonyl (C=O) groups excluding carboxylic acids is 3. The third-order valence-corrected chi connectivity index (χ3v) is 3.92. The summed E-state index contributed by atoms with van der Waals surface area (Å²) in [4.78, 5) is 35.9. The van der Waals surface area contributed by atoms with Crippen LogP contribution < -0.4 is 10.1 Å². The minimum Gasteiger partial charge on any atom is -0.452 e. The molecule has 0 bridgehead atoms. The van der Waals surface area contributed by atoms with E-state index in [0.717, 1.165) is 5.56 Å². The number of halogens is 2. The largest absolute Gasteiger partial charge is 0.452 e. The molecule has 0 spiro atoms. The lowest BCUT2D eigenvalue weighted by molar-refractivity contribution is -0.123. The smallest absolute Gasteiger partial charge is 0.387 e. The van der Waals surface area contributed by atoms with E-state index in [1.165, 1.54) is 24.3 Å². The number of esters is 1. The van der Waals surface area contributed by atoms with Crippen molar-refractivity contribution in [1.82, 2.24) is 5.32 Å². The first-order valence-corrected chi connectivity index (χ1v) is 8.73. The fourth-order valence-corrected chi connectivity index (χ4v) is 2.34. The van der Waals surface area contributed by atoms with Crippen LogP contribution in [0, 0.1) is 0 Å². The van der Waals surface area contributed by atoms with E-state index in [4.69, 9.17) is 4.74 Å². The highest BCUT2D eigenvalue weighted by molar-refractivity contribution is 6.05. The Balaban J connectivity index is 1.85. The van der Waals surface area contributed by atoms with Crippen molar-refractivity contribution in [2.45, 2.75) is 32.8 Å². The van der Waals surface area contributed by atoms with Crippen LogP contribution >= 0.6 is 0 Å². The van der Waals surface area contributed by atoms with Crippen molar-refractivity contribution in [1.29, 1.82) is 0 Å². The van der Waals surface area contributed by atoms with E-state index < -0.39 is 31.0 Å². The molecule has 29 heavy (non-hydrogen) atoms. The molecule has 0 radical (unpaired) electrons. The Morgan fingerprint density at radius 3 is 2.00 bits per heavy atom. The molecule has 0 unspecified atom stereocenters. The van der Waals surface area contributed by atoms with Gasteiger partial charge >= 0.3 is 12.6 Å². The molecule has 0 saturated carbocycles. The number of rotatable bonds is 6. The lowest BCUT2D eigenvalue weighted by atomic mass is 9.87. The normalized spacial score (nSPS) is 11.1. The summed E-state index contributed by atoms with van der Waals surface area (Å²) in [6.45, 7) is 2.48. The van der Waals surface area contributed by atoms with E-state index in [1.54, 1.807) is 24.3 Å². The van der Waals surface area contributed by atoms with Gasteiger partial charge in [-0.15, -0.1) is 0 Å². The second-order valence-corrected chi connectivity index (χ2v) is 7.18. The van der Waals surface area contributed by atoms with Crippen LogP contribution in [-0.2, 0) is 14.9 Å². The molecule has 0 aliphatic rings. The number of carbonyl (C=O) groups is 3. The molecule has 0 aliphatic heterocycles. The van der Waals surface area contributed by atoms with Gasteiger partial charge in [0.05, 0.1) is 5.56 Å². The lowest BCUT2D eigenvalue weighted by Gasteiger charge is -2.19. The van der Waals surface area contributed by atoms with Crippen molar-refractivity contribution in [3.63, 3.8) is 0 Å². The number of hydrogen-bond donors (Lipinski definition) is 1. The SMILES string of the molecule is CC(C)(C)c1ccc(C(=O)NC(=O)COC(=O)c2ccc(OC(F)F)cc2)cc1. The first-order chi connectivity index (χ1) is 13.6. The van der Waals surface area contributed by atoms with Gasteiger partial charge in [0.25, 0.3) is 11.8 Å². The van der Waals surface area contributed by atoms with E-state index in [9.17, 15) is 23.2 Å². The summed E-state index contributed by atoms with van der Waals surface area (Å²) in [6.07, 6.45) is 0. The summed E-state index contributed by atoms with van der Waals surface area (Å²) in [5, 5.41) is 2.13. The van der Waals surface area contributed by atoms with Crippen LogP contribution in [0.15, 0.2) is 48.5 Å². The summed E-state index contributed by atoms with van der Waals surface area (Å²) < 4.78 is 33.2. The minimum absolute atomic E-state index is 0.0449. The van der Waals surface area contributed by atoms with Gasteiger partial charge in [0.1, 0.15) is 5.75 Å². The van der Waals surface area contributed by atoms with Crippen LogP contribution in [0.5, 0.6) is 5.75 Å². The van der Waals surface area contributed by atoms with E-state index in [1.807, 2.05) is 20.8 Å². The predicted octanol–water partition coefficient (Wildman–Crippen LogP) is 3.70. The number of imide groups is 1. The summed E-state index contributed by atoms with van der Waals surface area (Å²) in [7, 11) is 0. The zero-order valence-electron chi connectivity index (χ0n) is 16.2. The van der Waals surface area contributed by atoms with Crippen molar-refractivity contribution in [2.24, 2.45) is 0 Å². The van der Waals surface area contributed by atoms with Crippen LogP contribution in [0.4, 0.5) is 8.78 Å². The molecule has 6 nitrogen and oxygen atoms in total. The summed E-state index contributed by atoms with van der Waals surface area (Å²) >= 11 is 0. The van der Waals surface area contributed by atoms with E-state index in [2.05, 4.69) is 10.1 Å². The van der Waals surface area contributed by atoms with Crippen LogP contribution in [0.3, 0.4) is 0 Å². The number of alkyl halides is 2. The van der Waals surface area contributed by atoms with Gasteiger partial charge in [-0.05, 0) is 47.4 Å². The van der Waals surface area contributed by atoms with Gasteiger partial charge in [0.2, 0.25) is 0 Å². The molecule has 8 heteroatoms. The average molecular weight is 405 g/mol. The fraction of sp³-hybridized carbons (Fsp3) is 0.286. The molecular weight excluding hydrogens is 384 g/mol. The Labute approximate surface area is 166 Å². The van der Waals surface area contributed by atoms with E-state index >= 15 is 0 Å². The molecule has 0 atom stereocenters. The summed E-state index contributed by atoms with van der Waals surface area (Å²) in [6, 6.07) is 11.6. The van der Waals surface area contributed by atoms with Crippen molar-refractivity contribution in [3.8, 4) is 5.75 Å². The molecule has 0 saturated heterocycles. The highest BCUT2D eigenvalue weighted by atomic mass is 19.3. The molecule has 0 fully saturated rings. The maximum atomic E-state index is 12.1. The number of benzene rings is 2. The summed E-state index contributed by atoms with van der Waals surface area (Å²) in [5.41, 5.74) is 1.32. The van der Waals surface area contributed by atoms with Crippen LogP contribution in [0.25, 0.3) is 0 Å². The Morgan fingerprint density at radius 2 is 1.48 bits per heavy atom. The zero-order chi connectivity index (χ0) is 21.6. The molecule has 0 aliphatic carbocycles. The summed E-state index contributed by atoms with van der Waals surface area (Å²) in [5.74, 6) is -2.36. The van der Waals surface area contributed by atoms with Gasteiger partial charge in [0.15, 0.2) is 6.61 Å². The second-order valence-electron chi connectivity index (χ2n) is 7.18. The topological polar surface area (TPSA) is 81.7 Å². The van der Waals surface area contributed by atoms with E-state index in [0.29, 0.717) is 5.56 Å². The van der Waals surface area contributed by atoms with Crippen LogP contribution in [0.2, 0.25) is 0 Å². The Morgan fingerprint density at radius 1 is 0.931 bits per heavy atom. The molecule has 2 amide bonds. The van der Waals surface area contributed by atoms with E-state index in [-0.39, 0.29) is 16.7 Å². The molecule has 0 heterocycles. The minimum atomic E-state index is -2.97. The number of amides is 2. The predicted molar refractivity (Wildman–Crippen MR) is 101 cm³/mol. The average Bonchev–Trinajstić information content (AvgIpc) is 2.65. The number of ether oxygens (including phenoxy) is 2. The highest BCUT2D eigenvalue weighted by Gasteiger charge is 2.16. The standard InChI is InChI=1S/C21H21F2NO5/c1-21(2,3)15-8-4-13(5-9-15)18(26)24-17(25)12-28-19(27)14-6-10-16(11-7-14)29-20(22)23/h4-11,20H,12H2,1-3H3,(H,24,25,26). The molecule has 0 aromatic heterocycles. The van der Waals surface area contributed by atoms with Gasteiger partial charge in [-0.1, -0.05) is 32.9 Å². The maximum absolute atomic E-state index is 12.1. The molecule has 2 aromatic rings. The van der Waals surface area contributed by atoms with Gasteiger partial charge in [-0.3, -0.25) is 14.9 Å². The number of hydrogen-bond acceptors (Lipinski definition) is 5. The van der Waals surface area contributed by atoms with Crippen molar-refractivity contribution in [3.05, 3.63) is 65.2 Å². The maximum Gasteiger partial charge on any atom is 0.387 e. The van der Waals surface area contributed by atoms with Crippen LogP contribution in [0.1, 0.15) is 47.1 Å².